The summed E-state index contributed by atoms with van der Waals surface area (Å²) in [7, 11) is 0. The number of anilines is 1. The maximum absolute atomic E-state index is 5.99. The van der Waals surface area contributed by atoms with E-state index in [1.807, 2.05) is 30.3 Å². The second kappa shape index (κ2) is 6.05. The molecule has 0 spiro atoms. The molecule has 2 rings (SSSR count). The topological polar surface area (TPSA) is 37.3 Å². The molecule has 6 heteroatoms. The van der Waals surface area contributed by atoms with E-state index in [0.717, 1.165) is 5.69 Å². The Labute approximate surface area is 119 Å². The Morgan fingerprint density at radius 1 is 1.11 bits per heavy atom. The van der Waals surface area contributed by atoms with Gasteiger partial charge in [0.25, 0.3) is 0 Å². The number of aromatic nitrogens is 1. The van der Waals surface area contributed by atoms with Gasteiger partial charge in [-0.2, -0.15) is 5.10 Å². The van der Waals surface area contributed by atoms with E-state index in [0.29, 0.717) is 10.6 Å². The van der Waals surface area contributed by atoms with Gasteiger partial charge < -0.3 is 0 Å². The number of benzene rings is 1. The molecule has 0 saturated heterocycles. The van der Waals surface area contributed by atoms with Crippen LogP contribution in [0.15, 0.2) is 41.5 Å². The van der Waals surface area contributed by atoms with Crippen molar-refractivity contribution in [3.8, 4) is 0 Å². The van der Waals surface area contributed by atoms with Crippen molar-refractivity contribution in [1.29, 1.82) is 0 Å². The molecule has 3 nitrogen and oxygen atoms in total. The molecule has 18 heavy (non-hydrogen) atoms. The van der Waals surface area contributed by atoms with Gasteiger partial charge in [-0.25, -0.2) is 4.98 Å². The maximum atomic E-state index is 5.99. The molecular formula is C12H8Cl3N3. The number of hydrogen-bond donors (Lipinski definition) is 1. The molecule has 0 unspecified atom stereocenters. The van der Waals surface area contributed by atoms with Crippen LogP contribution in [0.3, 0.4) is 0 Å². The molecule has 0 saturated carbocycles. The fourth-order valence-corrected chi connectivity index (χ4v) is 2.09. The largest absolute Gasteiger partial charge is 0.279 e. The molecule has 1 N–H and O–H groups in total. The summed E-state index contributed by atoms with van der Waals surface area (Å²) in [5.41, 5.74) is 4.24. The van der Waals surface area contributed by atoms with Crippen molar-refractivity contribution in [3.63, 3.8) is 0 Å². The van der Waals surface area contributed by atoms with Gasteiger partial charge in [0.05, 0.1) is 22.5 Å². The number of para-hydroxylation sites is 1. The van der Waals surface area contributed by atoms with Crippen LogP contribution in [-0.2, 0) is 0 Å². The number of hydrogen-bond acceptors (Lipinski definition) is 3. The first-order valence-corrected chi connectivity index (χ1v) is 6.16. The molecule has 1 heterocycles. The van der Waals surface area contributed by atoms with E-state index in [4.69, 9.17) is 34.8 Å². The van der Waals surface area contributed by atoms with Gasteiger partial charge in [0.2, 0.25) is 0 Å². The molecule has 1 aromatic carbocycles. The van der Waals surface area contributed by atoms with Crippen molar-refractivity contribution in [2.75, 3.05) is 5.43 Å². The zero-order valence-electron chi connectivity index (χ0n) is 9.07. The number of hydrazone groups is 1. The lowest BCUT2D eigenvalue weighted by Crippen LogP contribution is -1.93. The van der Waals surface area contributed by atoms with Crippen LogP contribution >= 0.6 is 34.8 Å². The lowest BCUT2D eigenvalue weighted by Gasteiger charge is -2.02. The van der Waals surface area contributed by atoms with Gasteiger partial charge in [0.1, 0.15) is 10.3 Å². The van der Waals surface area contributed by atoms with E-state index in [9.17, 15) is 0 Å². The Morgan fingerprint density at radius 3 is 2.50 bits per heavy atom. The number of pyridine rings is 1. The summed E-state index contributed by atoms with van der Waals surface area (Å²) in [5.74, 6) is 0. The molecule has 2 aromatic rings. The van der Waals surface area contributed by atoms with Crippen molar-refractivity contribution in [2.45, 2.75) is 0 Å². The predicted octanol–water partition coefficient (Wildman–Crippen LogP) is 4.49. The highest BCUT2D eigenvalue weighted by Crippen LogP contribution is 2.24. The maximum Gasteiger partial charge on any atom is 0.141 e. The van der Waals surface area contributed by atoms with Crippen molar-refractivity contribution < 1.29 is 0 Å². The van der Waals surface area contributed by atoms with Crippen molar-refractivity contribution in [2.24, 2.45) is 5.10 Å². The van der Waals surface area contributed by atoms with E-state index in [2.05, 4.69) is 15.5 Å². The summed E-state index contributed by atoms with van der Waals surface area (Å²) in [6, 6.07) is 11.0. The molecular weight excluding hydrogens is 293 g/mol. The molecule has 0 aliphatic heterocycles. The van der Waals surface area contributed by atoms with Crippen LogP contribution in [0.5, 0.6) is 0 Å². The first-order valence-electron chi connectivity index (χ1n) is 5.02. The Kier molecular flexibility index (Phi) is 4.42. The number of rotatable bonds is 3. The number of nitrogens with zero attached hydrogens (tertiary/aromatic N) is 2. The zero-order valence-corrected chi connectivity index (χ0v) is 11.3. The van der Waals surface area contributed by atoms with E-state index in [1.165, 1.54) is 12.3 Å². The van der Waals surface area contributed by atoms with Gasteiger partial charge in [-0.15, -0.1) is 0 Å². The molecule has 92 valence electrons. The molecule has 0 amide bonds. The molecule has 0 aliphatic carbocycles. The summed E-state index contributed by atoms with van der Waals surface area (Å²) in [4.78, 5) is 3.89. The summed E-state index contributed by atoms with van der Waals surface area (Å²) in [6.07, 6.45) is 1.50. The van der Waals surface area contributed by atoms with Gasteiger partial charge >= 0.3 is 0 Å². The van der Waals surface area contributed by atoms with Crippen molar-refractivity contribution >= 4 is 46.7 Å². The molecule has 0 fully saturated rings. The highest BCUT2D eigenvalue weighted by molar-refractivity contribution is 6.39. The van der Waals surface area contributed by atoms with Gasteiger partial charge in [0.15, 0.2) is 0 Å². The quantitative estimate of drug-likeness (QED) is 0.515. The molecule has 1 aromatic heterocycles. The second-order valence-electron chi connectivity index (χ2n) is 3.37. The predicted molar refractivity (Wildman–Crippen MR) is 76.9 cm³/mol. The minimum atomic E-state index is 0.214. The normalized spacial score (nSPS) is 10.8. The summed E-state index contributed by atoms with van der Waals surface area (Å²) in [5, 5.41) is 4.90. The third kappa shape index (κ3) is 3.35. The Hall–Kier alpha value is -1.29. The van der Waals surface area contributed by atoms with Crippen LogP contribution in [0.1, 0.15) is 5.56 Å². The SMILES string of the molecule is Clc1cc(Cl)c(/C=N/Nc2ccccc2)c(Cl)n1. The van der Waals surface area contributed by atoms with E-state index in [-0.39, 0.29) is 10.3 Å². The van der Waals surface area contributed by atoms with E-state index < -0.39 is 0 Å². The van der Waals surface area contributed by atoms with Gasteiger partial charge in [-0.05, 0) is 18.2 Å². The lowest BCUT2D eigenvalue weighted by atomic mass is 10.3. The first kappa shape index (κ1) is 13.1. The van der Waals surface area contributed by atoms with Crippen LogP contribution in [0.25, 0.3) is 0 Å². The van der Waals surface area contributed by atoms with Gasteiger partial charge in [-0.1, -0.05) is 53.0 Å². The standard InChI is InChI=1S/C12H8Cl3N3/c13-10-6-11(14)17-12(15)9(10)7-16-18-8-4-2-1-3-5-8/h1-7,18H/b16-7+. The lowest BCUT2D eigenvalue weighted by molar-refractivity contribution is 1.30. The van der Waals surface area contributed by atoms with Crippen LogP contribution < -0.4 is 5.43 Å². The zero-order chi connectivity index (χ0) is 13.0. The van der Waals surface area contributed by atoms with Gasteiger partial charge in [0, 0.05) is 0 Å². The third-order valence-electron chi connectivity index (χ3n) is 2.09. The molecule has 0 radical (unpaired) electrons. The summed E-state index contributed by atoms with van der Waals surface area (Å²) < 4.78 is 0. The molecule has 0 aliphatic rings. The van der Waals surface area contributed by atoms with E-state index >= 15 is 0 Å². The Bertz CT molecular complexity index is 547. The number of halogens is 3. The highest BCUT2D eigenvalue weighted by atomic mass is 35.5. The smallest absolute Gasteiger partial charge is 0.141 e. The fraction of sp³-hybridized carbons (Fsp3) is 0. The van der Waals surface area contributed by atoms with Gasteiger partial charge in [-0.3, -0.25) is 5.43 Å². The summed E-state index contributed by atoms with van der Waals surface area (Å²) >= 11 is 17.6. The van der Waals surface area contributed by atoms with Crippen molar-refractivity contribution in [1.82, 2.24) is 4.98 Å². The third-order valence-corrected chi connectivity index (χ3v) is 2.89. The minimum Gasteiger partial charge on any atom is -0.279 e. The second-order valence-corrected chi connectivity index (χ2v) is 4.52. The Morgan fingerprint density at radius 2 is 1.83 bits per heavy atom. The Balaban J connectivity index is 2.15. The fourth-order valence-electron chi connectivity index (χ4n) is 1.27. The first-order chi connectivity index (χ1) is 8.66. The monoisotopic (exact) mass is 299 g/mol. The molecule has 0 bridgehead atoms. The van der Waals surface area contributed by atoms with Crippen molar-refractivity contribution in [3.05, 3.63) is 57.3 Å². The van der Waals surface area contributed by atoms with E-state index in [1.54, 1.807) is 0 Å². The average Bonchev–Trinajstić information content (AvgIpc) is 2.34. The number of nitrogens with one attached hydrogen (secondary N) is 1. The average molecular weight is 301 g/mol. The van der Waals surface area contributed by atoms with Crippen LogP contribution in [-0.4, -0.2) is 11.2 Å². The summed E-state index contributed by atoms with van der Waals surface area (Å²) in [6.45, 7) is 0. The van der Waals surface area contributed by atoms with Crippen LogP contribution in [0.2, 0.25) is 15.3 Å². The minimum absolute atomic E-state index is 0.214. The van der Waals surface area contributed by atoms with Crippen LogP contribution in [0, 0.1) is 0 Å². The molecule has 0 atom stereocenters. The highest BCUT2D eigenvalue weighted by Gasteiger charge is 2.06. The van der Waals surface area contributed by atoms with Crippen LogP contribution in [0.4, 0.5) is 5.69 Å².